The van der Waals surface area contributed by atoms with Crippen LogP contribution in [0.5, 0.6) is 0 Å². The van der Waals surface area contributed by atoms with Gasteiger partial charge in [-0.3, -0.25) is 0 Å². The summed E-state index contributed by atoms with van der Waals surface area (Å²) in [5.41, 5.74) is 1.67. The topological polar surface area (TPSA) is 59.1 Å². The summed E-state index contributed by atoms with van der Waals surface area (Å²) in [6.07, 6.45) is 0. The Morgan fingerprint density at radius 1 is 1.25 bits per heavy atom. The van der Waals surface area contributed by atoms with Crippen LogP contribution in [0.3, 0.4) is 0 Å². The van der Waals surface area contributed by atoms with E-state index < -0.39 is 10.0 Å². The molecular weight excluding hydrogens is 384 g/mol. The minimum absolute atomic E-state index is 0.156. The van der Waals surface area contributed by atoms with E-state index in [1.807, 2.05) is 24.4 Å². The van der Waals surface area contributed by atoms with Crippen molar-refractivity contribution in [1.82, 2.24) is 9.71 Å². The SMILES string of the molecule is Cc1csc(-c2cc(S(=O)(=O)NCc3ccccc3Cl)c(C)s2)n1. The second kappa shape index (κ2) is 6.93. The van der Waals surface area contributed by atoms with E-state index in [0.717, 1.165) is 26.0 Å². The molecule has 0 fully saturated rings. The zero-order valence-electron chi connectivity index (χ0n) is 13.0. The van der Waals surface area contributed by atoms with Crippen molar-refractivity contribution in [3.63, 3.8) is 0 Å². The van der Waals surface area contributed by atoms with Gasteiger partial charge in [-0.25, -0.2) is 18.1 Å². The number of aromatic nitrogens is 1. The van der Waals surface area contributed by atoms with Gasteiger partial charge in [0.05, 0.1) is 9.77 Å². The minimum atomic E-state index is -3.61. The Morgan fingerprint density at radius 3 is 2.67 bits per heavy atom. The van der Waals surface area contributed by atoms with E-state index in [1.165, 1.54) is 22.7 Å². The zero-order valence-corrected chi connectivity index (χ0v) is 16.2. The fraction of sp³-hybridized carbons (Fsp3) is 0.188. The summed E-state index contributed by atoms with van der Waals surface area (Å²) >= 11 is 9.03. The fourth-order valence-corrected chi connectivity index (χ4v) is 5.86. The fourth-order valence-electron chi connectivity index (χ4n) is 2.20. The van der Waals surface area contributed by atoms with E-state index in [4.69, 9.17) is 11.6 Å². The molecule has 1 aromatic carbocycles. The first kappa shape index (κ1) is 17.6. The maximum absolute atomic E-state index is 12.6. The van der Waals surface area contributed by atoms with E-state index in [1.54, 1.807) is 25.1 Å². The number of thiazole rings is 1. The van der Waals surface area contributed by atoms with Crippen LogP contribution >= 0.6 is 34.3 Å². The van der Waals surface area contributed by atoms with Crippen molar-refractivity contribution in [2.45, 2.75) is 25.3 Å². The molecule has 0 aliphatic carbocycles. The van der Waals surface area contributed by atoms with E-state index in [2.05, 4.69) is 9.71 Å². The molecule has 3 rings (SSSR count). The van der Waals surface area contributed by atoms with Crippen molar-refractivity contribution in [2.75, 3.05) is 0 Å². The van der Waals surface area contributed by atoms with E-state index >= 15 is 0 Å². The van der Waals surface area contributed by atoms with Gasteiger partial charge >= 0.3 is 0 Å². The van der Waals surface area contributed by atoms with Gasteiger partial charge < -0.3 is 0 Å². The molecule has 0 spiro atoms. The van der Waals surface area contributed by atoms with Gasteiger partial charge in [0.2, 0.25) is 10.0 Å². The van der Waals surface area contributed by atoms with E-state index in [-0.39, 0.29) is 6.54 Å². The van der Waals surface area contributed by atoms with Gasteiger partial charge in [-0.1, -0.05) is 29.8 Å². The first-order chi connectivity index (χ1) is 11.4. The Bertz CT molecular complexity index is 977. The first-order valence-electron chi connectivity index (χ1n) is 7.13. The predicted octanol–water partition coefficient (Wildman–Crippen LogP) is 4.62. The molecule has 0 radical (unpaired) electrons. The molecular formula is C16H15ClN2O2S3. The third-order valence-corrected chi connectivity index (χ3v) is 7.61. The number of sulfonamides is 1. The summed E-state index contributed by atoms with van der Waals surface area (Å²) in [6, 6.07) is 8.87. The molecule has 0 saturated heterocycles. The second-order valence-corrected chi connectivity index (χ2v) is 9.50. The highest BCUT2D eigenvalue weighted by Gasteiger charge is 2.21. The van der Waals surface area contributed by atoms with Crippen molar-refractivity contribution in [3.05, 3.63) is 56.9 Å². The van der Waals surface area contributed by atoms with Crippen LogP contribution in [0.2, 0.25) is 5.02 Å². The number of hydrogen-bond acceptors (Lipinski definition) is 5. The van der Waals surface area contributed by atoms with Gasteiger partial charge in [0.25, 0.3) is 0 Å². The molecule has 0 unspecified atom stereocenters. The second-order valence-electron chi connectivity index (χ2n) is 5.24. The number of aryl methyl sites for hydroxylation is 2. The van der Waals surface area contributed by atoms with Crippen LogP contribution in [0.1, 0.15) is 16.1 Å². The van der Waals surface area contributed by atoms with Gasteiger partial charge in [-0.2, -0.15) is 0 Å². The summed E-state index contributed by atoms with van der Waals surface area (Å²) < 4.78 is 27.9. The molecule has 8 heteroatoms. The largest absolute Gasteiger partial charge is 0.241 e. The number of rotatable bonds is 5. The molecule has 1 N–H and O–H groups in total. The molecule has 0 amide bonds. The Kier molecular flexibility index (Phi) is 5.08. The number of benzene rings is 1. The highest BCUT2D eigenvalue weighted by molar-refractivity contribution is 7.89. The van der Waals surface area contributed by atoms with Crippen LogP contribution in [0.25, 0.3) is 9.88 Å². The lowest BCUT2D eigenvalue weighted by molar-refractivity contribution is 0.581. The lowest BCUT2D eigenvalue weighted by Gasteiger charge is -2.07. The highest BCUT2D eigenvalue weighted by atomic mass is 35.5. The number of halogens is 1. The summed E-state index contributed by atoms with van der Waals surface area (Å²) in [5, 5.41) is 3.34. The monoisotopic (exact) mass is 398 g/mol. The van der Waals surface area contributed by atoms with Crippen LogP contribution < -0.4 is 4.72 Å². The number of nitrogens with zero attached hydrogens (tertiary/aromatic N) is 1. The maximum atomic E-state index is 12.6. The van der Waals surface area contributed by atoms with Crippen molar-refractivity contribution < 1.29 is 8.42 Å². The lowest BCUT2D eigenvalue weighted by atomic mass is 10.2. The normalized spacial score (nSPS) is 11.8. The molecule has 0 aliphatic heterocycles. The Hall–Kier alpha value is -1.25. The summed E-state index contributed by atoms with van der Waals surface area (Å²) in [5.74, 6) is 0. The Morgan fingerprint density at radius 2 is 2.00 bits per heavy atom. The van der Waals surface area contributed by atoms with Crippen molar-refractivity contribution >= 4 is 44.3 Å². The number of nitrogens with one attached hydrogen (secondary N) is 1. The molecule has 2 heterocycles. The summed E-state index contributed by atoms with van der Waals surface area (Å²) in [4.78, 5) is 6.32. The molecule has 3 aromatic rings. The van der Waals surface area contributed by atoms with Gasteiger partial charge in [0.1, 0.15) is 5.01 Å². The molecule has 2 aromatic heterocycles. The van der Waals surface area contributed by atoms with Crippen molar-refractivity contribution in [3.8, 4) is 9.88 Å². The molecule has 0 saturated carbocycles. The maximum Gasteiger partial charge on any atom is 0.241 e. The molecule has 24 heavy (non-hydrogen) atoms. The van der Waals surface area contributed by atoms with Gasteiger partial charge in [0, 0.05) is 27.5 Å². The molecule has 0 atom stereocenters. The lowest BCUT2D eigenvalue weighted by Crippen LogP contribution is -2.23. The standard InChI is InChI=1S/C16H15ClN2O2S3/c1-10-9-22-16(19-10)14-7-15(11(2)23-14)24(20,21)18-8-12-5-3-4-6-13(12)17/h3-7,9,18H,8H2,1-2H3. The van der Waals surface area contributed by atoms with Gasteiger partial charge in [-0.15, -0.1) is 22.7 Å². The molecule has 0 bridgehead atoms. The third-order valence-electron chi connectivity index (χ3n) is 3.40. The van der Waals surface area contributed by atoms with Crippen LogP contribution in [0, 0.1) is 13.8 Å². The van der Waals surface area contributed by atoms with Crippen LogP contribution in [0.15, 0.2) is 40.6 Å². The highest BCUT2D eigenvalue weighted by Crippen LogP contribution is 2.35. The quantitative estimate of drug-likeness (QED) is 0.682. The summed E-state index contributed by atoms with van der Waals surface area (Å²) in [6.45, 7) is 3.88. The van der Waals surface area contributed by atoms with Crippen molar-refractivity contribution in [1.29, 1.82) is 0 Å². The minimum Gasteiger partial charge on any atom is -0.241 e. The Balaban J connectivity index is 1.85. The molecule has 0 aliphatic rings. The Labute approximate surface area is 154 Å². The third kappa shape index (κ3) is 3.70. The molecule has 126 valence electrons. The summed E-state index contributed by atoms with van der Waals surface area (Å²) in [7, 11) is -3.61. The number of thiophene rings is 1. The van der Waals surface area contributed by atoms with Gasteiger partial charge in [-0.05, 0) is 31.5 Å². The van der Waals surface area contributed by atoms with E-state index in [9.17, 15) is 8.42 Å². The average molecular weight is 399 g/mol. The van der Waals surface area contributed by atoms with E-state index in [0.29, 0.717) is 9.92 Å². The number of hydrogen-bond donors (Lipinski definition) is 1. The van der Waals surface area contributed by atoms with Gasteiger partial charge in [0.15, 0.2) is 0 Å². The average Bonchev–Trinajstić information content (AvgIpc) is 3.13. The van der Waals surface area contributed by atoms with Crippen LogP contribution in [0.4, 0.5) is 0 Å². The smallest absolute Gasteiger partial charge is 0.241 e. The predicted molar refractivity (Wildman–Crippen MR) is 100 cm³/mol. The zero-order chi connectivity index (χ0) is 17.3. The first-order valence-corrected chi connectivity index (χ1v) is 10.7. The van der Waals surface area contributed by atoms with Crippen molar-refractivity contribution in [2.24, 2.45) is 0 Å². The van der Waals surface area contributed by atoms with Crippen LogP contribution in [-0.4, -0.2) is 13.4 Å². The molecule has 4 nitrogen and oxygen atoms in total. The van der Waals surface area contributed by atoms with Crippen LogP contribution in [-0.2, 0) is 16.6 Å².